The highest BCUT2D eigenvalue weighted by Crippen LogP contribution is 2.37. The van der Waals surface area contributed by atoms with Gasteiger partial charge in [0.1, 0.15) is 6.54 Å². The Morgan fingerprint density at radius 1 is 1.03 bits per heavy atom. The number of amides is 1. The lowest BCUT2D eigenvalue weighted by molar-refractivity contribution is -0.137. The summed E-state index contributed by atoms with van der Waals surface area (Å²) >= 11 is 6.17. The second-order valence-electron chi connectivity index (χ2n) is 8.23. The van der Waals surface area contributed by atoms with Crippen molar-refractivity contribution in [1.82, 2.24) is 0 Å². The maximum absolute atomic E-state index is 13.5. The minimum absolute atomic E-state index is 0.0623. The molecule has 0 aliphatic carbocycles. The normalized spacial score (nSPS) is 12.0. The monoisotopic (exact) mass is 524 g/mol. The Kier molecular flexibility index (Phi) is 7.81. The lowest BCUT2D eigenvalue weighted by atomic mass is 9.98. The third kappa shape index (κ3) is 5.97. The van der Waals surface area contributed by atoms with Crippen LogP contribution in [-0.2, 0) is 21.0 Å². The van der Waals surface area contributed by atoms with Crippen LogP contribution in [0.3, 0.4) is 0 Å². The average molecular weight is 525 g/mol. The highest BCUT2D eigenvalue weighted by molar-refractivity contribution is 7.92. The number of hydrogen-bond acceptors (Lipinski definition) is 3. The molecule has 0 spiro atoms. The minimum atomic E-state index is -4.74. The lowest BCUT2D eigenvalue weighted by Gasteiger charge is -2.26. The summed E-state index contributed by atoms with van der Waals surface area (Å²) in [6, 6.07) is 14.9. The van der Waals surface area contributed by atoms with Gasteiger partial charge in [-0.1, -0.05) is 61.8 Å². The van der Waals surface area contributed by atoms with E-state index in [0.29, 0.717) is 16.1 Å². The summed E-state index contributed by atoms with van der Waals surface area (Å²) < 4.78 is 67.8. The van der Waals surface area contributed by atoms with Gasteiger partial charge in [0.15, 0.2) is 0 Å². The number of carbonyl (C=O) groups is 1. The maximum Gasteiger partial charge on any atom is 0.416 e. The van der Waals surface area contributed by atoms with Crippen LogP contribution in [0, 0.1) is 6.92 Å². The average Bonchev–Trinajstić information content (AvgIpc) is 2.79. The predicted octanol–water partition coefficient (Wildman–Crippen LogP) is 6.62. The number of hydrogen-bond donors (Lipinski definition) is 1. The Balaban J connectivity index is 2.09. The standard InChI is InChI=1S/C25H24ClF3N2O3S/c1-16(2)20-11-7-8-17(3)24(20)30-23(32)15-31(35(33,34)19-9-5-4-6-10-19)22-14-18(25(27,28)29)12-13-21(22)26/h4-14,16H,15H2,1-3H3,(H,30,32). The lowest BCUT2D eigenvalue weighted by Crippen LogP contribution is -2.38. The van der Waals surface area contributed by atoms with Crippen molar-refractivity contribution in [3.05, 3.63) is 88.4 Å². The van der Waals surface area contributed by atoms with Crippen molar-refractivity contribution in [2.45, 2.75) is 37.8 Å². The molecule has 0 fully saturated rings. The smallest absolute Gasteiger partial charge is 0.324 e. The highest BCUT2D eigenvalue weighted by atomic mass is 35.5. The molecule has 0 saturated heterocycles. The van der Waals surface area contributed by atoms with Crippen LogP contribution >= 0.6 is 11.6 Å². The Hall–Kier alpha value is -3.04. The topological polar surface area (TPSA) is 66.5 Å². The van der Waals surface area contributed by atoms with Gasteiger partial charge in [0, 0.05) is 5.69 Å². The Bertz CT molecular complexity index is 1330. The summed E-state index contributed by atoms with van der Waals surface area (Å²) in [6.45, 7) is 4.89. The number of rotatable bonds is 7. The van der Waals surface area contributed by atoms with Crippen molar-refractivity contribution in [2.75, 3.05) is 16.2 Å². The van der Waals surface area contributed by atoms with E-state index in [1.807, 2.05) is 26.0 Å². The highest BCUT2D eigenvalue weighted by Gasteiger charge is 2.34. The first-order valence-electron chi connectivity index (χ1n) is 10.7. The molecule has 3 aromatic rings. The van der Waals surface area contributed by atoms with Crippen molar-refractivity contribution in [3.8, 4) is 0 Å². The van der Waals surface area contributed by atoms with E-state index in [4.69, 9.17) is 11.6 Å². The Morgan fingerprint density at radius 3 is 2.29 bits per heavy atom. The molecule has 0 atom stereocenters. The molecule has 0 bridgehead atoms. The number of sulfonamides is 1. The second-order valence-corrected chi connectivity index (χ2v) is 10.5. The van der Waals surface area contributed by atoms with Crippen LogP contribution in [0.4, 0.5) is 24.5 Å². The van der Waals surface area contributed by atoms with E-state index < -0.39 is 39.9 Å². The molecule has 0 heterocycles. The summed E-state index contributed by atoms with van der Waals surface area (Å²) in [5.41, 5.74) is 0.590. The van der Waals surface area contributed by atoms with Crippen LogP contribution in [0.25, 0.3) is 0 Å². The van der Waals surface area contributed by atoms with E-state index in [-0.39, 0.29) is 15.8 Å². The molecule has 35 heavy (non-hydrogen) atoms. The molecule has 0 unspecified atom stereocenters. The molecule has 1 amide bonds. The molecule has 0 aliphatic heterocycles. The summed E-state index contributed by atoms with van der Waals surface area (Å²) in [7, 11) is -4.44. The van der Waals surface area contributed by atoms with Crippen molar-refractivity contribution >= 4 is 38.9 Å². The molecule has 0 radical (unpaired) electrons. The third-order valence-corrected chi connectivity index (χ3v) is 7.45. The van der Waals surface area contributed by atoms with Crippen LogP contribution in [0.1, 0.15) is 36.5 Å². The molecule has 186 valence electrons. The van der Waals surface area contributed by atoms with Crippen LogP contribution < -0.4 is 9.62 Å². The summed E-state index contributed by atoms with van der Waals surface area (Å²) in [6.07, 6.45) is -4.74. The van der Waals surface area contributed by atoms with Crippen molar-refractivity contribution in [1.29, 1.82) is 0 Å². The quantitative estimate of drug-likeness (QED) is 0.377. The number of anilines is 2. The minimum Gasteiger partial charge on any atom is -0.324 e. The van der Waals surface area contributed by atoms with Crippen LogP contribution in [-0.4, -0.2) is 20.9 Å². The summed E-state index contributed by atoms with van der Waals surface area (Å²) in [5, 5.41) is 2.49. The largest absolute Gasteiger partial charge is 0.416 e. The number of alkyl halides is 3. The number of aryl methyl sites for hydroxylation is 1. The molecule has 1 N–H and O–H groups in total. The first-order chi connectivity index (χ1) is 16.3. The molecular formula is C25H24ClF3N2O3S. The fraction of sp³-hybridized carbons (Fsp3) is 0.240. The third-order valence-electron chi connectivity index (χ3n) is 5.35. The Labute approximate surface area is 207 Å². The number of para-hydroxylation sites is 1. The number of nitrogens with one attached hydrogen (secondary N) is 1. The van der Waals surface area contributed by atoms with E-state index in [2.05, 4.69) is 5.32 Å². The van der Waals surface area contributed by atoms with E-state index in [1.165, 1.54) is 24.3 Å². The number of halogens is 4. The zero-order chi connectivity index (χ0) is 26.0. The zero-order valence-electron chi connectivity index (χ0n) is 19.2. The fourth-order valence-corrected chi connectivity index (χ4v) is 5.27. The van der Waals surface area contributed by atoms with Crippen molar-refractivity contribution in [3.63, 3.8) is 0 Å². The molecule has 0 aromatic heterocycles. The van der Waals surface area contributed by atoms with Crippen LogP contribution in [0.15, 0.2) is 71.6 Å². The summed E-state index contributed by atoms with van der Waals surface area (Å²) in [5.74, 6) is -0.665. The Morgan fingerprint density at radius 2 is 1.69 bits per heavy atom. The first kappa shape index (κ1) is 26.6. The summed E-state index contributed by atoms with van der Waals surface area (Å²) in [4.78, 5) is 12.9. The van der Waals surface area contributed by atoms with Gasteiger partial charge in [-0.2, -0.15) is 13.2 Å². The van der Waals surface area contributed by atoms with Crippen LogP contribution in [0.2, 0.25) is 5.02 Å². The zero-order valence-corrected chi connectivity index (χ0v) is 20.8. The van der Waals surface area contributed by atoms with Crippen molar-refractivity contribution < 1.29 is 26.4 Å². The molecule has 3 rings (SSSR count). The molecule has 3 aromatic carbocycles. The molecular weight excluding hydrogens is 501 g/mol. The van der Waals surface area contributed by atoms with Gasteiger partial charge in [-0.05, 0) is 54.3 Å². The number of benzene rings is 3. The second kappa shape index (κ2) is 10.3. The van der Waals surface area contributed by atoms with E-state index in [9.17, 15) is 26.4 Å². The number of nitrogens with zero attached hydrogens (tertiary/aromatic N) is 1. The van der Waals surface area contributed by atoms with Gasteiger partial charge in [0.2, 0.25) is 5.91 Å². The van der Waals surface area contributed by atoms with E-state index in [1.54, 1.807) is 19.1 Å². The number of carbonyl (C=O) groups excluding carboxylic acids is 1. The van der Waals surface area contributed by atoms with E-state index >= 15 is 0 Å². The first-order valence-corrected chi connectivity index (χ1v) is 12.5. The SMILES string of the molecule is Cc1cccc(C(C)C)c1NC(=O)CN(c1cc(C(F)(F)F)ccc1Cl)S(=O)(=O)c1ccccc1. The van der Waals surface area contributed by atoms with Gasteiger partial charge in [0.05, 0.1) is 21.2 Å². The van der Waals surface area contributed by atoms with Crippen molar-refractivity contribution in [2.24, 2.45) is 0 Å². The fourth-order valence-electron chi connectivity index (χ4n) is 3.55. The molecule has 10 heteroatoms. The van der Waals surface area contributed by atoms with Gasteiger partial charge in [-0.3, -0.25) is 9.10 Å². The molecule has 0 aliphatic rings. The van der Waals surface area contributed by atoms with E-state index in [0.717, 1.165) is 23.3 Å². The molecule has 5 nitrogen and oxygen atoms in total. The molecule has 0 saturated carbocycles. The van der Waals surface area contributed by atoms with Gasteiger partial charge in [-0.15, -0.1) is 0 Å². The predicted molar refractivity (Wildman–Crippen MR) is 131 cm³/mol. The van der Waals surface area contributed by atoms with Gasteiger partial charge in [-0.25, -0.2) is 8.42 Å². The van der Waals surface area contributed by atoms with Crippen LogP contribution in [0.5, 0.6) is 0 Å². The maximum atomic E-state index is 13.5. The van der Waals surface area contributed by atoms with Gasteiger partial charge < -0.3 is 5.32 Å². The van der Waals surface area contributed by atoms with Gasteiger partial charge in [0.25, 0.3) is 10.0 Å². The van der Waals surface area contributed by atoms with Gasteiger partial charge >= 0.3 is 6.18 Å².